The lowest BCUT2D eigenvalue weighted by Crippen LogP contribution is -2.68. The van der Waals surface area contributed by atoms with E-state index in [9.17, 15) is 0 Å². The topological polar surface area (TPSA) is 96.1 Å². The zero-order valence-corrected chi connectivity index (χ0v) is 20.6. The molecule has 0 fully saturated rings. The van der Waals surface area contributed by atoms with Crippen molar-refractivity contribution in [3.63, 3.8) is 0 Å². The third-order valence-electron chi connectivity index (χ3n) is 5.86. The highest BCUT2D eigenvalue weighted by atomic mass is 35.7. The molecule has 1 aliphatic rings. The largest absolute Gasteiger partial charge is 0.222 e. The molecule has 0 atom stereocenters. The van der Waals surface area contributed by atoms with Crippen LogP contribution in [0.5, 0.6) is 0 Å². The summed E-state index contributed by atoms with van der Waals surface area (Å²) >= 11 is 1.83. The van der Waals surface area contributed by atoms with E-state index in [0.29, 0.717) is 0 Å². The van der Waals surface area contributed by atoms with Crippen LogP contribution in [0.1, 0.15) is 41.1 Å². The highest BCUT2D eigenvalue weighted by molar-refractivity contribution is 7.16. The molecule has 2 aromatic carbocycles. The number of para-hydroxylation sites is 1. The zero-order valence-electron chi connectivity index (χ0n) is 19.0. The lowest BCUT2D eigenvalue weighted by molar-refractivity contribution is -2.00. The standard InChI is InChI=1S/C27H24NS.ClHO4/c1-19-8-11-21(12-9-19)25-15-14-22(29-25)13-10-20-16-17-28-24-7-5-4-6-23(24)27(2,3)26(28)18-20;2-1(3,4)5/h4-18H,1-3H3;(H,2,3,4,5)/q+1;/p-1. The Morgan fingerprint density at radius 3 is 2.24 bits per heavy atom. The first kappa shape index (κ1) is 24.3. The molecule has 5 rings (SSSR count). The van der Waals surface area contributed by atoms with Gasteiger partial charge < -0.3 is 0 Å². The number of nitrogens with zero attached hydrogens (tertiary/aromatic N) is 1. The fourth-order valence-corrected chi connectivity index (χ4v) is 5.07. The average Bonchev–Trinajstić information content (AvgIpc) is 3.34. The Hall–Kier alpha value is -2.84. The molecule has 0 radical (unpaired) electrons. The highest BCUT2D eigenvalue weighted by Gasteiger charge is 2.43. The van der Waals surface area contributed by atoms with Crippen LogP contribution in [-0.2, 0) is 5.41 Å². The van der Waals surface area contributed by atoms with E-state index in [4.69, 9.17) is 18.6 Å². The number of pyridine rings is 1. The fraction of sp³-hybridized carbons (Fsp3) is 0.148. The molecular weight excluding hydrogens is 470 g/mol. The van der Waals surface area contributed by atoms with Crippen LogP contribution in [0.15, 0.2) is 79.0 Å². The van der Waals surface area contributed by atoms with E-state index < -0.39 is 10.2 Å². The third kappa shape index (κ3) is 5.45. The van der Waals surface area contributed by atoms with E-state index in [1.54, 1.807) is 0 Å². The number of aryl methyl sites for hydroxylation is 1. The van der Waals surface area contributed by atoms with Crippen molar-refractivity contribution in [2.75, 3.05) is 0 Å². The van der Waals surface area contributed by atoms with Crippen molar-refractivity contribution in [2.24, 2.45) is 0 Å². The Balaban J connectivity index is 0.000000499. The van der Waals surface area contributed by atoms with Crippen molar-refractivity contribution in [3.05, 3.63) is 106 Å². The molecule has 0 aliphatic carbocycles. The molecule has 3 heterocycles. The second-order valence-corrected chi connectivity index (χ2v) is 10.5. The lowest BCUT2D eigenvalue weighted by Gasteiger charge is -2.17. The predicted molar refractivity (Wildman–Crippen MR) is 124 cm³/mol. The molecule has 4 aromatic rings. The van der Waals surface area contributed by atoms with Gasteiger partial charge in [-0.25, -0.2) is 18.6 Å². The summed E-state index contributed by atoms with van der Waals surface area (Å²) in [6.45, 7) is 6.75. The summed E-state index contributed by atoms with van der Waals surface area (Å²) in [5.41, 5.74) is 7.86. The molecule has 1 aliphatic heterocycles. The minimum Gasteiger partial charge on any atom is -0.222 e. The van der Waals surface area contributed by atoms with E-state index in [2.05, 4.69) is 116 Å². The Labute approximate surface area is 205 Å². The third-order valence-corrected chi connectivity index (χ3v) is 6.96. The number of rotatable bonds is 3. The van der Waals surface area contributed by atoms with Crippen molar-refractivity contribution in [1.82, 2.24) is 0 Å². The second kappa shape index (κ2) is 9.43. The van der Waals surface area contributed by atoms with Crippen molar-refractivity contribution in [1.29, 1.82) is 0 Å². The summed E-state index contributed by atoms with van der Waals surface area (Å²) < 4.78 is 36.3. The van der Waals surface area contributed by atoms with Crippen LogP contribution in [-0.4, -0.2) is 0 Å². The van der Waals surface area contributed by atoms with Crippen molar-refractivity contribution in [2.45, 2.75) is 26.2 Å². The molecule has 2 aromatic heterocycles. The van der Waals surface area contributed by atoms with Crippen LogP contribution in [0, 0.1) is 17.2 Å². The van der Waals surface area contributed by atoms with Crippen LogP contribution in [0.2, 0.25) is 0 Å². The number of hydrogen-bond acceptors (Lipinski definition) is 5. The Bertz CT molecular complexity index is 1330. The number of aromatic nitrogens is 1. The maximum atomic E-state index is 8.49. The zero-order chi connectivity index (χ0) is 24.5. The Kier molecular flexibility index (Phi) is 6.73. The predicted octanol–water partition coefficient (Wildman–Crippen LogP) is 2.05. The van der Waals surface area contributed by atoms with E-state index in [0.717, 1.165) is 0 Å². The molecule has 0 amide bonds. The minimum absolute atomic E-state index is 0.0159. The first-order chi connectivity index (χ1) is 16.0. The van der Waals surface area contributed by atoms with E-state index in [1.165, 1.54) is 43.4 Å². The maximum Gasteiger partial charge on any atom is 0.215 e. The number of fused-ring (bicyclic) bond motifs is 3. The van der Waals surface area contributed by atoms with Crippen LogP contribution >= 0.6 is 11.3 Å². The van der Waals surface area contributed by atoms with E-state index in [1.807, 2.05) is 11.3 Å². The van der Waals surface area contributed by atoms with Crippen LogP contribution in [0.4, 0.5) is 0 Å². The quantitative estimate of drug-likeness (QED) is 0.408. The molecule has 0 unspecified atom stereocenters. The van der Waals surface area contributed by atoms with Crippen LogP contribution < -0.4 is 23.2 Å². The normalized spacial score (nSPS) is 13.9. The first-order valence-corrected chi connectivity index (χ1v) is 12.7. The average molecular weight is 494 g/mol. The van der Waals surface area contributed by atoms with Gasteiger partial charge in [-0.3, -0.25) is 0 Å². The molecule has 0 N–H and O–H groups in total. The van der Waals surface area contributed by atoms with Gasteiger partial charge in [0.2, 0.25) is 5.69 Å². The Morgan fingerprint density at radius 1 is 0.853 bits per heavy atom. The van der Waals surface area contributed by atoms with Gasteiger partial charge in [0.05, 0.1) is 5.41 Å². The highest BCUT2D eigenvalue weighted by Crippen LogP contribution is 2.38. The van der Waals surface area contributed by atoms with Crippen molar-refractivity contribution >= 4 is 23.5 Å². The molecule has 34 heavy (non-hydrogen) atoms. The number of hydrogen-bond donors (Lipinski definition) is 0. The van der Waals surface area contributed by atoms with Gasteiger partial charge in [-0.05, 0) is 50.1 Å². The fourth-order valence-electron chi connectivity index (χ4n) is 4.16. The van der Waals surface area contributed by atoms with E-state index >= 15 is 0 Å². The molecular formula is C27H24ClNO4S. The smallest absolute Gasteiger partial charge is 0.215 e. The molecule has 174 valence electrons. The summed E-state index contributed by atoms with van der Waals surface area (Å²) in [6.07, 6.45) is 6.66. The summed E-state index contributed by atoms with van der Waals surface area (Å²) in [6, 6.07) is 26.4. The molecule has 7 heteroatoms. The monoisotopic (exact) mass is 493 g/mol. The minimum atomic E-state index is -4.94. The van der Waals surface area contributed by atoms with Gasteiger partial charge in [0.1, 0.15) is 0 Å². The summed E-state index contributed by atoms with van der Waals surface area (Å²) in [5, 5.41) is 0. The van der Waals surface area contributed by atoms with Gasteiger partial charge in [0.25, 0.3) is 0 Å². The number of thiophene rings is 1. The first-order valence-electron chi connectivity index (χ1n) is 10.7. The molecule has 0 saturated heterocycles. The van der Waals surface area contributed by atoms with Gasteiger partial charge >= 0.3 is 0 Å². The number of halogens is 1. The summed E-state index contributed by atoms with van der Waals surface area (Å²) in [5.74, 6) is 0. The Morgan fingerprint density at radius 2 is 1.53 bits per heavy atom. The summed E-state index contributed by atoms with van der Waals surface area (Å²) in [4.78, 5) is 2.59. The van der Waals surface area contributed by atoms with Crippen molar-refractivity contribution in [3.8, 4) is 16.1 Å². The lowest BCUT2D eigenvalue weighted by atomic mass is 9.83. The molecule has 5 nitrogen and oxygen atoms in total. The maximum absolute atomic E-state index is 8.49. The van der Waals surface area contributed by atoms with Gasteiger partial charge in [-0.2, -0.15) is 4.57 Å². The molecule has 0 spiro atoms. The second-order valence-electron chi connectivity index (χ2n) is 8.64. The molecule has 0 bridgehead atoms. The van der Waals surface area contributed by atoms with Gasteiger partial charge in [0, 0.05) is 33.5 Å². The van der Waals surface area contributed by atoms with Gasteiger partial charge in [-0.1, -0.05) is 54.1 Å². The van der Waals surface area contributed by atoms with Crippen LogP contribution in [0.25, 0.3) is 28.3 Å². The van der Waals surface area contributed by atoms with Crippen molar-refractivity contribution < 1.29 is 33.4 Å². The van der Waals surface area contributed by atoms with Gasteiger partial charge in [0.15, 0.2) is 11.9 Å². The SMILES string of the molecule is Cc1ccc(-c2ccc(C=Cc3cc[n+]4c(c3)C(C)(C)c3ccccc3-4)s2)cc1.[O-][Cl+3]([O-])([O-])[O-]. The van der Waals surface area contributed by atoms with E-state index in [-0.39, 0.29) is 5.41 Å². The molecule has 0 saturated carbocycles. The van der Waals surface area contributed by atoms with Gasteiger partial charge in [-0.15, -0.1) is 21.6 Å². The number of benzene rings is 2. The summed E-state index contributed by atoms with van der Waals surface area (Å²) in [7, 11) is -4.94. The van der Waals surface area contributed by atoms with Crippen LogP contribution in [0.3, 0.4) is 0 Å².